The molecule has 3 aliphatic heterocycles. The molecule has 5 rings (SSSR count). The second-order valence-electron chi connectivity index (χ2n) is 7.46. The molecule has 2 aromatic carbocycles. The topological polar surface area (TPSA) is 27.3 Å². The van der Waals surface area contributed by atoms with E-state index in [1.165, 1.54) is 43.1 Å². The molecule has 4 heteroatoms. The molecule has 3 aliphatic rings. The molecule has 3 saturated heterocycles. The van der Waals surface area contributed by atoms with Gasteiger partial charge in [0, 0.05) is 30.2 Å². The Morgan fingerprint density at radius 3 is 2.84 bits per heavy atom. The van der Waals surface area contributed by atoms with Crippen molar-refractivity contribution in [2.75, 3.05) is 25.0 Å². The van der Waals surface area contributed by atoms with Crippen LogP contribution in [0.4, 0.5) is 5.69 Å². The van der Waals surface area contributed by atoms with Crippen molar-refractivity contribution in [3.8, 4) is 0 Å². The maximum absolute atomic E-state index is 5.56. The Morgan fingerprint density at radius 2 is 2.04 bits per heavy atom. The molecule has 0 radical (unpaired) electrons. The fourth-order valence-corrected chi connectivity index (χ4v) is 4.83. The molecule has 0 aliphatic carbocycles. The van der Waals surface area contributed by atoms with E-state index >= 15 is 0 Å². The maximum atomic E-state index is 5.56. The molecule has 3 heterocycles. The van der Waals surface area contributed by atoms with Crippen LogP contribution in [0, 0.1) is 11.8 Å². The van der Waals surface area contributed by atoms with E-state index in [1.807, 2.05) is 0 Å². The van der Waals surface area contributed by atoms with Crippen LogP contribution >= 0.6 is 12.2 Å². The first-order valence-corrected chi connectivity index (χ1v) is 9.92. The highest BCUT2D eigenvalue weighted by Crippen LogP contribution is 2.37. The van der Waals surface area contributed by atoms with Gasteiger partial charge in [-0.2, -0.15) is 0 Å². The minimum atomic E-state index is 0.633. The number of thiocarbonyl (C=S) groups is 1. The molecular formula is C21H27N3S. The second-order valence-corrected chi connectivity index (χ2v) is 7.87. The van der Waals surface area contributed by atoms with E-state index in [1.54, 1.807) is 0 Å². The minimum Gasteiger partial charge on any atom is -0.361 e. The first kappa shape index (κ1) is 16.8. The third kappa shape index (κ3) is 3.51. The lowest BCUT2D eigenvalue weighted by molar-refractivity contribution is 0.00212. The van der Waals surface area contributed by atoms with Gasteiger partial charge in [-0.1, -0.05) is 49.7 Å². The van der Waals surface area contributed by atoms with Gasteiger partial charge in [0.2, 0.25) is 0 Å². The van der Waals surface area contributed by atoms with Crippen molar-refractivity contribution in [1.82, 2.24) is 10.2 Å². The largest absolute Gasteiger partial charge is 0.361 e. The van der Waals surface area contributed by atoms with Crippen LogP contribution in [-0.2, 0) is 0 Å². The fraction of sp³-hybridized carbons (Fsp3) is 0.476. The number of hydrogen-bond donors (Lipinski definition) is 2. The summed E-state index contributed by atoms with van der Waals surface area (Å²) in [5.74, 6) is 1.83. The van der Waals surface area contributed by atoms with Gasteiger partial charge >= 0.3 is 0 Å². The molecule has 2 aromatic rings. The van der Waals surface area contributed by atoms with Crippen molar-refractivity contribution in [3.63, 3.8) is 0 Å². The molecular weight excluding hydrogens is 326 g/mol. The summed E-state index contributed by atoms with van der Waals surface area (Å²) in [7, 11) is 0. The van der Waals surface area contributed by atoms with E-state index in [2.05, 4.69) is 64.9 Å². The Labute approximate surface area is 155 Å². The van der Waals surface area contributed by atoms with E-state index in [9.17, 15) is 0 Å². The molecule has 3 nitrogen and oxygen atoms in total. The number of piperidine rings is 3. The van der Waals surface area contributed by atoms with E-state index in [-0.39, 0.29) is 0 Å². The van der Waals surface area contributed by atoms with Crippen molar-refractivity contribution < 1.29 is 0 Å². The van der Waals surface area contributed by atoms with Crippen LogP contribution in [-0.4, -0.2) is 35.7 Å². The number of hydrogen-bond acceptors (Lipinski definition) is 2. The van der Waals surface area contributed by atoms with Crippen LogP contribution in [0.1, 0.15) is 26.2 Å². The number of rotatable bonds is 4. The number of fused-ring (bicyclic) bond motifs is 4. The van der Waals surface area contributed by atoms with Crippen LogP contribution in [0.15, 0.2) is 42.5 Å². The van der Waals surface area contributed by atoms with E-state index in [0.29, 0.717) is 6.04 Å². The summed E-state index contributed by atoms with van der Waals surface area (Å²) in [6, 6.07) is 15.3. The Morgan fingerprint density at radius 1 is 1.20 bits per heavy atom. The van der Waals surface area contributed by atoms with Crippen LogP contribution in [0.3, 0.4) is 0 Å². The molecule has 3 fully saturated rings. The van der Waals surface area contributed by atoms with E-state index in [0.717, 1.165) is 29.2 Å². The fourth-order valence-electron chi connectivity index (χ4n) is 4.64. The van der Waals surface area contributed by atoms with Gasteiger partial charge in [-0.15, -0.1) is 0 Å². The van der Waals surface area contributed by atoms with Gasteiger partial charge in [-0.25, -0.2) is 0 Å². The monoisotopic (exact) mass is 353 g/mol. The van der Waals surface area contributed by atoms with Crippen molar-refractivity contribution in [3.05, 3.63) is 42.5 Å². The zero-order valence-corrected chi connectivity index (χ0v) is 15.7. The minimum absolute atomic E-state index is 0.633. The Hall–Kier alpha value is -1.65. The SMILES string of the molecule is CC[C@H]1CN2CC[C@H]1C[C@@H]2CNC(=S)Nc1cccc2ccccc12. The summed E-state index contributed by atoms with van der Waals surface area (Å²) >= 11 is 5.56. The highest BCUT2D eigenvalue weighted by molar-refractivity contribution is 7.80. The van der Waals surface area contributed by atoms with Crippen molar-refractivity contribution in [1.29, 1.82) is 0 Å². The van der Waals surface area contributed by atoms with Gasteiger partial charge < -0.3 is 10.6 Å². The number of benzene rings is 2. The molecule has 0 spiro atoms. The summed E-state index contributed by atoms with van der Waals surface area (Å²) in [5, 5.41) is 10.0. The molecule has 0 aromatic heterocycles. The van der Waals surface area contributed by atoms with Gasteiger partial charge in [0.25, 0.3) is 0 Å². The van der Waals surface area contributed by atoms with Crippen molar-refractivity contribution in [2.24, 2.45) is 11.8 Å². The molecule has 4 atom stereocenters. The molecule has 1 unspecified atom stereocenters. The van der Waals surface area contributed by atoms with Crippen molar-refractivity contribution >= 4 is 33.8 Å². The summed E-state index contributed by atoms with van der Waals surface area (Å²) in [6.45, 7) is 5.82. The second kappa shape index (κ2) is 7.30. The highest BCUT2D eigenvalue weighted by Gasteiger charge is 2.38. The smallest absolute Gasteiger partial charge is 0.170 e. The average Bonchev–Trinajstić information content (AvgIpc) is 2.67. The number of nitrogens with zero attached hydrogens (tertiary/aromatic N) is 1. The normalized spacial score (nSPS) is 28.0. The quantitative estimate of drug-likeness (QED) is 0.804. The molecule has 0 amide bonds. The average molecular weight is 354 g/mol. The maximum Gasteiger partial charge on any atom is 0.170 e. The predicted octanol–water partition coefficient (Wildman–Crippen LogP) is 4.25. The van der Waals surface area contributed by atoms with Gasteiger partial charge in [0.15, 0.2) is 5.11 Å². The van der Waals surface area contributed by atoms with Crippen LogP contribution < -0.4 is 10.6 Å². The summed E-state index contributed by atoms with van der Waals surface area (Å²) in [6.07, 6.45) is 4.03. The van der Waals surface area contributed by atoms with Gasteiger partial charge in [0.05, 0.1) is 0 Å². The summed E-state index contributed by atoms with van der Waals surface area (Å²) in [4.78, 5) is 2.67. The third-order valence-corrected chi connectivity index (χ3v) is 6.32. The van der Waals surface area contributed by atoms with Gasteiger partial charge in [-0.05, 0) is 54.9 Å². The van der Waals surface area contributed by atoms with Crippen molar-refractivity contribution in [2.45, 2.75) is 32.2 Å². The highest BCUT2D eigenvalue weighted by atomic mass is 32.1. The molecule has 25 heavy (non-hydrogen) atoms. The zero-order valence-electron chi connectivity index (χ0n) is 14.9. The lowest BCUT2D eigenvalue weighted by atomic mass is 9.74. The van der Waals surface area contributed by atoms with Gasteiger partial charge in [0.1, 0.15) is 0 Å². The molecule has 0 saturated carbocycles. The summed E-state index contributed by atoms with van der Waals surface area (Å²) < 4.78 is 0. The lowest BCUT2D eigenvalue weighted by Gasteiger charge is -2.50. The Balaban J connectivity index is 1.35. The molecule has 132 valence electrons. The predicted molar refractivity (Wildman–Crippen MR) is 110 cm³/mol. The lowest BCUT2D eigenvalue weighted by Crippen LogP contribution is -2.56. The zero-order chi connectivity index (χ0) is 17.2. The van der Waals surface area contributed by atoms with Gasteiger partial charge in [-0.3, -0.25) is 4.90 Å². The third-order valence-electron chi connectivity index (χ3n) is 6.07. The Kier molecular flexibility index (Phi) is 4.91. The van der Waals surface area contributed by atoms with E-state index in [4.69, 9.17) is 12.2 Å². The van der Waals surface area contributed by atoms with Crippen LogP contribution in [0.25, 0.3) is 10.8 Å². The first-order chi connectivity index (χ1) is 12.2. The molecule has 2 bridgehead atoms. The molecule has 2 N–H and O–H groups in total. The first-order valence-electron chi connectivity index (χ1n) is 9.51. The number of nitrogens with one attached hydrogen (secondary N) is 2. The van der Waals surface area contributed by atoms with Crippen LogP contribution in [0.2, 0.25) is 0 Å². The Bertz CT molecular complexity index is 754. The number of anilines is 1. The van der Waals surface area contributed by atoms with E-state index < -0.39 is 0 Å². The standard InChI is InChI=1S/C21H27N3S/c1-2-15-14-24-11-10-17(15)12-18(24)13-22-21(25)23-20-9-5-7-16-6-3-4-8-19(16)20/h3-9,15,17-18H,2,10-14H2,1H3,(H2,22,23,25)/t15-,17-,18+/m0/s1. The summed E-state index contributed by atoms with van der Waals surface area (Å²) in [5.41, 5.74) is 1.08. The van der Waals surface area contributed by atoms with Crippen LogP contribution in [0.5, 0.6) is 0 Å².